The van der Waals surface area contributed by atoms with Crippen molar-refractivity contribution < 1.29 is 0 Å². The normalized spacial score (nSPS) is 16.8. The molecule has 5 heteroatoms. The minimum absolute atomic E-state index is 0.731. The molecule has 1 aromatic heterocycles. The molecule has 1 unspecified atom stereocenters. The van der Waals surface area contributed by atoms with Gasteiger partial charge in [-0.25, -0.2) is 0 Å². The average Bonchev–Trinajstić information content (AvgIpc) is 2.78. The molecule has 1 aliphatic heterocycles. The molecule has 0 radical (unpaired) electrons. The quantitative estimate of drug-likeness (QED) is 0.787. The summed E-state index contributed by atoms with van der Waals surface area (Å²) in [5.41, 5.74) is 0. The summed E-state index contributed by atoms with van der Waals surface area (Å²) in [6.07, 6.45) is 7.00. The van der Waals surface area contributed by atoms with Gasteiger partial charge in [-0.1, -0.05) is 6.92 Å². The van der Waals surface area contributed by atoms with E-state index in [4.69, 9.17) is 0 Å². The molecular weight excluding hydrogens is 232 g/mol. The molecule has 1 aliphatic rings. The molecular formula is C12H22N4S. The van der Waals surface area contributed by atoms with Crippen molar-refractivity contribution in [2.75, 3.05) is 12.8 Å². The molecule has 0 bridgehead atoms. The van der Waals surface area contributed by atoms with E-state index in [0.29, 0.717) is 0 Å². The van der Waals surface area contributed by atoms with E-state index < -0.39 is 0 Å². The summed E-state index contributed by atoms with van der Waals surface area (Å²) in [6, 6.07) is 0. The van der Waals surface area contributed by atoms with Crippen molar-refractivity contribution in [3.8, 4) is 0 Å². The second kappa shape index (κ2) is 6.40. The number of thioether (sulfide) groups is 1. The monoisotopic (exact) mass is 254 g/mol. The third kappa shape index (κ3) is 3.45. The highest BCUT2D eigenvalue weighted by molar-refractivity contribution is 7.99. The fraction of sp³-hybridized carbons (Fsp3) is 0.833. The van der Waals surface area contributed by atoms with Gasteiger partial charge in [0.25, 0.3) is 0 Å². The molecule has 1 N–H and O–H groups in total. The highest BCUT2D eigenvalue weighted by Gasteiger charge is 2.14. The molecule has 0 aliphatic carbocycles. The Kier molecular flexibility index (Phi) is 4.86. The molecule has 0 saturated heterocycles. The minimum atomic E-state index is 0.731. The van der Waals surface area contributed by atoms with Gasteiger partial charge in [0, 0.05) is 18.2 Å². The van der Waals surface area contributed by atoms with Crippen molar-refractivity contribution in [1.82, 2.24) is 20.1 Å². The molecule has 4 nitrogen and oxygen atoms in total. The van der Waals surface area contributed by atoms with Crippen LogP contribution in [-0.2, 0) is 19.5 Å². The SMILES string of the molecule is CSC(C)CCNCc1nnc2n1CCCC2. The molecule has 1 aromatic rings. The van der Waals surface area contributed by atoms with Crippen LogP contribution in [0.2, 0.25) is 0 Å². The Bertz CT molecular complexity index is 350. The highest BCUT2D eigenvalue weighted by atomic mass is 32.2. The van der Waals surface area contributed by atoms with Gasteiger partial charge < -0.3 is 9.88 Å². The van der Waals surface area contributed by atoms with Gasteiger partial charge in [0.2, 0.25) is 0 Å². The Morgan fingerprint density at radius 3 is 3.12 bits per heavy atom. The second-order valence-corrected chi connectivity index (χ2v) is 5.93. The zero-order valence-electron chi connectivity index (χ0n) is 10.8. The van der Waals surface area contributed by atoms with E-state index in [2.05, 4.69) is 33.3 Å². The second-order valence-electron chi connectivity index (χ2n) is 4.65. The van der Waals surface area contributed by atoms with E-state index in [-0.39, 0.29) is 0 Å². The summed E-state index contributed by atoms with van der Waals surface area (Å²) in [5.74, 6) is 2.28. The fourth-order valence-corrected chi connectivity index (χ4v) is 2.48. The van der Waals surface area contributed by atoms with Gasteiger partial charge in [-0.2, -0.15) is 11.8 Å². The molecule has 0 aromatic carbocycles. The van der Waals surface area contributed by atoms with Gasteiger partial charge in [0.1, 0.15) is 11.6 Å². The lowest BCUT2D eigenvalue weighted by Gasteiger charge is -2.15. The van der Waals surface area contributed by atoms with Crippen LogP contribution in [0.4, 0.5) is 0 Å². The number of hydrogen-bond donors (Lipinski definition) is 1. The smallest absolute Gasteiger partial charge is 0.147 e. The summed E-state index contributed by atoms with van der Waals surface area (Å²) < 4.78 is 2.29. The van der Waals surface area contributed by atoms with Crippen molar-refractivity contribution in [1.29, 1.82) is 0 Å². The molecule has 17 heavy (non-hydrogen) atoms. The first-order valence-corrected chi connectivity index (χ1v) is 7.74. The third-order valence-corrected chi connectivity index (χ3v) is 4.39. The molecule has 1 atom stereocenters. The van der Waals surface area contributed by atoms with Crippen molar-refractivity contribution in [2.24, 2.45) is 0 Å². The first-order valence-electron chi connectivity index (χ1n) is 6.45. The predicted octanol–water partition coefficient (Wildman–Crippen LogP) is 1.85. The number of rotatable bonds is 6. The van der Waals surface area contributed by atoms with Crippen molar-refractivity contribution in [3.05, 3.63) is 11.6 Å². The molecule has 0 amide bonds. The number of aromatic nitrogens is 3. The first-order chi connectivity index (χ1) is 8.31. The topological polar surface area (TPSA) is 42.7 Å². The zero-order valence-corrected chi connectivity index (χ0v) is 11.6. The van der Waals surface area contributed by atoms with E-state index in [9.17, 15) is 0 Å². The van der Waals surface area contributed by atoms with E-state index in [1.807, 2.05) is 11.8 Å². The van der Waals surface area contributed by atoms with Crippen molar-refractivity contribution in [3.63, 3.8) is 0 Å². The van der Waals surface area contributed by atoms with Crippen molar-refractivity contribution in [2.45, 2.75) is 50.9 Å². The largest absolute Gasteiger partial charge is 0.314 e. The van der Waals surface area contributed by atoms with Gasteiger partial charge in [-0.05, 0) is 32.1 Å². The van der Waals surface area contributed by atoms with Crippen LogP contribution < -0.4 is 5.32 Å². The van der Waals surface area contributed by atoms with Gasteiger partial charge in [-0.15, -0.1) is 10.2 Å². The van der Waals surface area contributed by atoms with Crippen LogP contribution in [0, 0.1) is 0 Å². The number of nitrogens with one attached hydrogen (secondary N) is 1. The lowest BCUT2D eigenvalue weighted by molar-refractivity contribution is 0.496. The molecule has 96 valence electrons. The minimum Gasteiger partial charge on any atom is -0.314 e. The van der Waals surface area contributed by atoms with E-state index >= 15 is 0 Å². The van der Waals surface area contributed by atoms with Crippen molar-refractivity contribution >= 4 is 11.8 Å². The lowest BCUT2D eigenvalue weighted by Crippen LogP contribution is -2.21. The zero-order chi connectivity index (χ0) is 12.1. The van der Waals surface area contributed by atoms with Crippen LogP contribution in [0.25, 0.3) is 0 Å². The van der Waals surface area contributed by atoms with Gasteiger partial charge >= 0.3 is 0 Å². The van der Waals surface area contributed by atoms with Crippen LogP contribution in [-0.4, -0.2) is 32.8 Å². The highest BCUT2D eigenvalue weighted by Crippen LogP contribution is 2.14. The molecule has 0 fully saturated rings. The Morgan fingerprint density at radius 1 is 1.41 bits per heavy atom. The summed E-state index contributed by atoms with van der Waals surface area (Å²) in [5, 5.41) is 12.7. The Hall–Kier alpha value is -0.550. The van der Waals surface area contributed by atoms with Crippen LogP contribution in [0.5, 0.6) is 0 Å². The Balaban J connectivity index is 1.77. The van der Waals surface area contributed by atoms with Gasteiger partial charge in [0.15, 0.2) is 0 Å². The molecule has 0 saturated carbocycles. The fourth-order valence-electron chi connectivity index (χ4n) is 2.12. The Morgan fingerprint density at radius 2 is 2.29 bits per heavy atom. The van der Waals surface area contributed by atoms with Crippen LogP contribution in [0.3, 0.4) is 0 Å². The van der Waals surface area contributed by atoms with Crippen LogP contribution in [0.15, 0.2) is 0 Å². The summed E-state index contributed by atoms with van der Waals surface area (Å²) in [6.45, 7) is 5.28. The number of hydrogen-bond acceptors (Lipinski definition) is 4. The van der Waals surface area contributed by atoms with E-state index in [1.165, 1.54) is 25.1 Å². The molecule has 0 spiro atoms. The predicted molar refractivity (Wildman–Crippen MR) is 72.3 cm³/mol. The maximum absolute atomic E-state index is 4.28. The summed E-state index contributed by atoms with van der Waals surface area (Å²) in [4.78, 5) is 0. The lowest BCUT2D eigenvalue weighted by atomic mass is 10.2. The summed E-state index contributed by atoms with van der Waals surface area (Å²) >= 11 is 1.92. The van der Waals surface area contributed by atoms with Crippen LogP contribution >= 0.6 is 11.8 Å². The number of nitrogens with zero attached hydrogens (tertiary/aromatic N) is 3. The number of fused-ring (bicyclic) bond motifs is 1. The molecule has 2 heterocycles. The standard InChI is InChI=1S/C12H22N4S/c1-10(17-2)6-7-13-9-12-15-14-11-5-3-4-8-16(11)12/h10,13H,3-9H2,1-2H3. The van der Waals surface area contributed by atoms with Crippen LogP contribution in [0.1, 0.15) is 37.8 Å². The average molecular weight is 254 g/mol. The Labute approximate surface area is 108 Å². The maximum atomic E-state index is 4.28. The van der Waals surface area contributed by atoms with Gasteiger partial charge in [0.05, 0.1) is 6.54 Å². The van der Waals surface area contributed by atoms with E-state index in [0.717, 1.165) is 37.1 Å². The molecule has 2 rings (SSSR count). The first kappa shape index (κ1) is 12.9. The third-order valence-electron chi connectivity index (χ3n) is 3.35. The maximum Gasteiger partial charge on any atom is 0.147 e. The summed E-state index contributed by atoms with van der Waals surface area (Å²) in [7, 11) is 0. The van der Waals surface area contributed by atoms with E-state index in [1.54, 1.807) is 0 Å². The number of aryl methyl sites for hydroxylation is 1. The van der Waals surface area contributed by atoms with Gasteiger partial charge in [-0.3, -0.25) is 0 Å².